The molecule has 160 valence electrons. The molecule has 0 spiro atoms. The number of aromatic nitrogens is 4. The maximum atomic E-state index is 15.4. The number of amides is 1. The second-order valence-electron chi connectivity index (χ2n) is 7.07. The van der Waals surface area contributed by atoms with Crippen LogP contribution in [0.3, 0.4) is 0 Å². The van der Waals surface area contributed by atoms with E-state index in [1.165, 1.54) is 6.20 Å². The maximum Gasteiger partial charge on any atom is 0.420 e. The van der Waals surface area contributed by atoms with Gasteiger partial charge in [0, 0.05) is 36.6 Å². The first-order valence-corrected chi connectivity index (χ1v) is 9.59. The van der Waals surface area contributed by atoms with Gasteiger partial charge in [-0.2, -0.15) is 18.2 Å². The number of pyridine rings is 1. The SMILES string of the molecule is O=C1NCCc2[nH]c3c(c21)CCc1cnc(Oc2ncc(C(F)(F)F)c(Cl)n2)c(F)c1-3. The summed E-state index contributed by atoms with van der Waals surface area (Å²) in [5.41, 5.74) is 2.03. The van der Waals surface area contributed by atoms with Crippen LogP contribution < -0.4 is 10.1 Å². The number of halogens is 5. The molecule has 7 nitrogen and oxygen atoms in total. The molecule has 3 aromatic heterocycles. The van der Waals surface area contributed by atoms with Crippen molar-refractivity contribution in [2.45, 2.75) is 25.4 Å². The molecule has 0 atom stereocenters. The van der Waals surface area contributed by atoms with Gasteiger partial charge in [-0.3, -0.25) is 4.79 Å². The van der Waals surface area contributed by atoms with E-state index in [0.29, 0.717) is 54.4 Å². The number of hydrogen-bond acceptors (Lipinski definition) is 5. The van der Waals surface area contributed by atoms with Crippen molar-refractivity contribution in [3.05, 3.63) is 51.3 Å². The number of rotatable bonds is 2. The Morgan fingerprint density at radius 3 is 2.65 bits per heavy atom. The van der Waals surface area contributed by atoms with E-state index in [4.69, 9.17) is 16.3 Å². The summed E-state index contributed by atoms with van der Waals surface area (Å²) in [5, 5.41) is 1.90. The van der Waals surface area contributed by atoms with Crippen LogP contribution in [0, 0.1) is 5.82 Å². The molecule has 0 aromatic carbocycles. The van der Waals surface area contributed by atoms with Crippen LogP contribution in [0.4, 0.5) is 17.6 Å². The number of alkyl halides is 3. The van der Waals surface area contributed by atoms with Crippen molar-refractivity contribution in [1.82, 2.24) is 25.3 Å². The number of nitrogens with one attached hydrogen (secondary N) is 2. The van der Waals surface area contributed by atoms with Crippen LogP contribution in [0.5, 0.6) is 11.9 Å². The first-order valence-electron chi connectivity index (χ1n) is 9.21. The molecule has 2 N–H and O–H groups in total. The average Bonchev–Trinajstić information content (AvgIpc) is 3.09. The van der Waals surface area contributed by atoms with E-state index in [9.17, 15) is 18.0 Å². The summed E-state index contributed by atoms with van der Waals surface area (Å²) in [4.78, 5) is 26.2. The minimum atomic E-state index is -4.74. The third-order valence-corrected chi connectivity index (χ3v) is 5.53. The van der Waals surface area contributed by atoms with Crippen LogP contribution in [-0.4, -0.2) is 32.4 Å². The Labute approximate surface area is 176 Å². The Balaban J connectivity index is 1.55. The molecule has 2 aliphatic rings. The first kappa shape index (κ1) is 19.7. The topological polar surface area (TPSA) is 92.8 Å². The fraction of sp³-hybridized carbons (Fsp3) is 0.263. The highest BCUT2D eigenvalue weighted by atomic mass is 35.5. The normalized spacial score (nSPS) is 15.1. The minimum Gasteiger partial charge on any atom is -0.402 e. The van der Waals surface area contributed by atoms with Gasteiger partial charge >= 0.3 is 12.2 Å². The van der Waals surface area contributed by atoms with Gasteiger partial charge < -0.3 is 15.0 Å². The highest BCUT2D eigenvalue weighted by molar-refractivity contribution is 6.30. The Morgan fingerprint density at radius 1 is 1.10 bits per heavy atom. The van der Waals surface area contributed by atoms with Crippen molar-refractivity contribution < 1.29 is 27.1 Å². The second kappa shape index (κ2) is 6.91. The van der Waals surface area contributed by atoms with Gasteiger partial charge in [0.25, 0.3) is 11.8 Å². The molecule has 1 amide bonds. The monoisotopic (exact) mass is 453 g/mol. The fourth-order valence-corrected chi connectivity index (χ4v) is 4.11. The number of carbonyl (C=O) groups is 1. The van der Waals surface area contributed by atoms with Crippen molar-refractivity contribution in [1.29, 1.82) is 0 Å². The molecule has 0 fully saturated rings. The number of H-pyrrole nitrogens is 1. The molecule has 1 aliphatic heterocycles. The second-order valence-corrected chi connectivity index (χ2v) is 7.43. The number of ether oxygens (including phenoxy) is 1. The Kier molecular flexibility index (Phi) is 4.40. The van der Waals surface area contributed by atoms with Crippen molar-refractivity contribution in [3.63, 3.8) is 0 Å². The zero-order chi connectivity index (χ0) is 21.9. The van der Waals surface area contributed by atoms with E-state index in [2.05, 4.69) is 25.3 Å². The van der Waals surface area contributed by atoms with Gasteiger partial charge in [0.2, 0.25) is 0 Å². The Morgan fingerprint density at radius 2 is 1.90 bits per heavy atom. The lowest BCUT2D eigenvalue weighted by atomic mass is 9.88. The van der Waals surface area contributed by atoms with Crippen molar-refractivity contribution >= 4 is 17.5 Å². The van der Waals surface area contributed by atoms with Crippen LogP contribution in [0.15, 0.2) is 12.4 Å². The molecule has 0 unspecified atom stereocenters. The molecule has 3 aromatic rings. The van der Waals surface area contributed by atoms with Gasteiger partial charge in [0.1, 0.15) is 10.7 Å². The molecule has 0 radical (unpaired) electrons. The van der Waals surface area contributed by atoms with Gasteiger partial charge in [0.05, 0.1) is 11.3 Å². The standard InChI is InChI=1S/C19H12ClF4N5O2/c20-15-9(19(22,23)24)6-27-18(29-15)31-17-13(21)11-7(5-26-17)1-2-8-12-10(28-14(8)11)3-4-25-16(12)30/h5-6,28H,1-4H2,(H,25,30). The third kappa shape index (κ3) is 3.19. The van der Waals surface area contributed by atoms with Crippen LogP contribution in [0.1, 0.15) is 32.7 Å². The smallest absolute Gasteiger partial charge is 0.402 e. The predicted octanol–water partition coefficient (Wildman–Crippen LogP) is 3.85. The van der Waals surface area contributed by atoms with Gasteiger partial charge in [-0.25, -0.2) is 14.4 Å². The van der Waals surface area contributed by atoms with Gasteiger partial charge in [-0.15, -0.1) is 0 Å². The zero-order valence-electron chi connectivity index (χ0n) is 15.5. The lowest BCUT2D eigenvalue weighted by molar-refractivity contribution is -0.138. The van der Waals surface area contributed by atoms with Crippen molar-refractivity contribution in [2.24, 2.45) is 0 Å². The van der Waals surface area contributed by atoms with E-state index >= 15 is 4.39 Å². The van der Waals surface area contributed by atoms with E-state index in [0.717, 1.165) is 5.69 Å². The van der Waals surface area contributed by atoms with Crippen LogP contribution in [-0.2, 0) is 25.4 Å². The predicted molar refractivity (Wildman–Crippen MR) is 99.5 cm³/mol. The fourth-order valence-electron chi connectivity index (χ4n) is 3.88. The molecule has 0 saturated heterocycles. The Hall–Kier alpha value is -3.21. The third-order valence-electron chi connectivity index (χ3n) is 5.24. The zero-order valence-corrected chi connectivity index (χ0v) is 16.3. The summed E-state index contributed by atoms with van der Waals surface area (Å²) in [7, 11) is 0. The van der Waals surface area contributed by atoms with E-state index in [1.54, 1.807) is 0 Å². The molecule has 0 bridgehead atoms. The lowest BCUT2D eigenvalue weighted by Crippen LogP contribution is -2.32. The van der Waals surface area contributed by atoms with E-state index in [-0.39, 0.29) is 11.5 Å². The molecular formula is C19H12ClF4N5O2. The summed E-state index contributed by atoms with van der Waals surface area (Å²) in [6.07, 6.45) is -1.26. The molecule has 1 aliphatic carbocycles. The molecule has 4 heterocycles. The number of aryl methyl sites for hydroxylation is 1. The number of aromatic amines is 1. The molecular weight excluding hydrogens is 442 g/mol. The van der Waals surface area contributed by atoms with Crippen molar-refractivity contribution in [3.8, 4) is 23.1 Å². The number of nitrogens with zero attached hydrogens (tertiary/aromatic N) is 3. The maximum absolute atomic E-state index is 15.4. The summed E-state index contributed by atoms with van der Waals surface area (Å²) in [6, 6.07) is -0.578. The molecule has 5 rings (SSSR count). The molecule has 12 heteroatoms. The minimum absolute atomic E-state index is 0.200. The number of hydrogen-bond donors (Lipinski definition) is 2. The number of fused-ring (bicyclic) bond motifs is 5. The largest absolute Gasteiger partial charge is 0.420 e. The van der Waals surface area contributed by atoms with Crippen LogP contribution >= 0.6 is 11.6 Å². The average molecular weight is 454 g/mol. The van der Waals surface area contributed by atoms with Crippen molar-refractivity contribution in [2.75, 3.05) is 6.54 Å². The van der Waals surface area contributed by atoms with E-state index in [1.807, 2.05) is 0 Å². The van der Waals surface area contributed by atoms with E-state index < -0.39 is 34.6 Å². The highest BCUT2D eigenvalue weighted by Gasteiger charge is 2.35. The Bertz CT molecular complexity index is 1240. The summed E-state index contributed by atoms with van der Waals surface area (Å²) in [6.45, 7) is 0.483. The van der Waals surface area contributed by atoms with Gasteiger partial charge in [-0.1, -0.05) is 11.6 Å². The number of carbonyl (C=O) groups excluding carboxylic acids is 1. The molecule has 31 heavy (non-hydrogen) atoms. The summed E-state index contributed by atoms with van der Waals surface area (Å²) < 4.78 is 59.0. The van der Waals surface area contributed by atoms with Crippen LogP contribution in [0.2, 0.25) is 5.15 Å². The first-order chi connectivity index (χ1) is 14.7. The van der Waals surface area contributed by atoms with Gasteiger partial charge in [-0.05, 0) is 24.0 Å². The summed E-state index contributed by atoms with van der Waals surface area (Å²) in [5.74, 6) is -1.56. The highest BCUT2D eigenvalue weighted by Crippen LogP contribution is 2.41. The van der Waals surface area contributed by atoms with Gasteiger partial charge in [0.15, 0.2) is 5.82 Å². The molecule has 0 saturated carbocycles. The lowest BCUT2D eigenvalue weighted by Gasteiger charge is -2.19. The summed E-state index contributed by atoms with van der Waals surface area (Å²) >= 11 is 5.57. The quantitative estimate of drug-likeness (QED) is 0.454. The van der Waals surface area contributed by atoms with Crippen LogP contribution in [0.25, 0.3) is 11.3 Å².